The summed E-state index contributed by atoms with van der Waals surface area (Å²) in [5.74, 6) is 0.573. The molecule has 8 heteroatoms. The molecule has 0 atom stereocenters. The van der Waals surface area contributed by atoms with Crippen LogP contribution in [0.5, 0.6) is 5.75 Å². The van der Waals surface area contributed by atoms with E-state index in [0.717, 1.165) is 16.6 Å². The number of benzene rings is 2. The lowest BCUT2D eigenvalue weighted by atomic mass is 10.1. The Labute approximate surface area is 187 Å². The van der Waals surface area contributed by atoms with E-state index >= 15 is 0 Å². The highest BCUT2D eigenvalue weighted by Gasteiger charge is 2.33. The molecule has 0 saturated heterocycles. The number of ether oxygens (including phenoxy) is 1. The van der Waals surface area contributed by atoms with Crippen molar-refractivity contribution in [1.29, 1.82) is 0 Å². The van der Waals surface area contributed by atoms with Gasteiger partial charge < -0.3 is 4.74 Å². The van der Waals surface area contributed by atoms with Crippen LogP contribution in [0.25, 0.3) is 10.9 Å². The molecule has 0 radical (unpaired) electrons. The Kier molecular flexibility index (Phi) is 6.35. The van der Waals surface area contributed by atoms with E-state index in [-0.39, 0.29) is 16.5 Å². The van der Waals surface area contributed by atoms with Crippen molar-refractivity contribution in [3.63, 3.8) is 0 Å². The van der Waals surface area contributed by atoms with Crippen LogP contribution < -0.4 is 4.74 Å². The first-order valence-corrected chi connectivity index (χ1v) is 11.6. The monoisotopic (exact) mass is 466 g/mol. The number of fused-ring (bicyclic) bond motifs is 1. The van der Waals surface area contributed by atoms with E-state index in [1.165, 1.54) is 23.5 Å². The standard InChI is InChI=1S/C22H24Cl2N2O3S/c1-14-9-10-15-7-6-8-18(21(15)25-14)29-13-16-17(23)11-12-19(20(16)24)30(27,28)26(5)22(2,3)4/h6-12H,13H2,1-5H3. The fourth-order valence-corrected chi connectivity index (χ4v) is 5.28. The van der Waals surface area contributed by atoms with Gasteiger partial charge in [-0.3, -0.25) is 0 Å². The molecule has 0 aliphatic rings. The Morgan fingerprint density at radius 3 is 2.43 bits per heavy atom. The summed E-state index contributed by atoms with van der Waals surface area (Å²) in [6.45, 7) is 7.36. The number of para-hydroxylation sites is 1. The molecule has 0 fully saturated rings. The van der Waals surface area contributed by atoms with Gasteiger partial charge in [0.15, 0.2) is 0 Å². The zero-order valence-corrected chi connectivity index (χ0v) is 19.9. The third-order valence-electron chi connectivity index (χ3n) is 4.93. The lowest BCUT2D eigenvalue weighted by Gasteiger charge is -2.31. The molecule has 5 nitrogen and oxygen atoms in total. The molecule has 1 heterocycles. The summed E-state index contributed by atoms with van der Waals surface area (Å²) >= 11 is 12.9. The highest BCUT2D eigenvalue weighted by Crippen LogP contribution is 2.35. The summed E-state index contributed by atoms with van der Waals surface area (Å²) in [5.41, 5.74) is 1.39. The van der Waals surface area contributed by atoms with Crippen molar-refractivity contribution in [3.8, 4) is 5.75 Å². The van der Waals surface area contributed by atoms with E-state index in [1.54, 1.807) is 0 Å². The maximum atomic E-state index is 13.1. The number of aromatic nitrogens is 1. The maximum Gasteiger partial charge on any atom is 0.244 e. The van der Waals surface area contributed by atoms with Crippen molar-refractivity contribution in [2.45, 2.75) is 44.7 Å². The van der Waals surface area contributed by atoms with Gasteiger partial charge in [-0.15, -0.1) is 0 Å². The molecule has 0 aliphatic heterocycles. The van der Waals surface area contributed by atoms with Crippen molar-refractivity contribution in [2.24, 2.45) is 0 Å². The zero-order chi connectivity index (χ0) is 22.3. The Bertz CT molecular complexity index is 1200. The summed E-state index contributed by atoms with van der Waals surface area (Å²) in [6, 6.07) is 12.5. The normalized spacial score (nSPS) is 12.5. The first kappa shape index (κ1) is 22.8. The fourth-order valence-electron chi connectivity index (χ4n) is 2.90. The minimum Gasteiger partial charge on any atom is -0.487 e. The molecule has 0 amide bonds. The molecule has 3 aromatic rings. The van der Waals surface area contributed by atoms with Crippen LogP contribution >= 0.6 is 23.2 Å². The molecule has 0 saturated carbocycles. The Morgan fingerprint density at radius 1 is 1.07 bits per heavy atom. The van der Waals surface area contributed by atoms with E-state index in [0.29, 0.717) is 16.3 Å². The van der Waals surface area contributed by atoms with E-state index in [4.69, 9.17) is 27.9 Å². The van der Waals surface area contributed by atoms with Crippen LogP contribution in [-0.2, 0) is 16.6 Å². The van der Waals surface area contributed by atoms with Gasteiger partial charge >= 0.3 is 0 Å². The van der Waals surface area contributed by atoms with Gasteiger partial charge in [0.1, 0.15) is 22.8 Å². The minimum atomic E-state index is -3.82. The largest absolute Gasteiger partial charge is 0.487 e. The van der Waals surface area contributed by atoms with E-state index in [9.17, 15) is 8.42 Å². The highest BCUT2D eigenvalue weighted by molar-refractivity contribution is 7.89. The van der Waals surface area contributed by atoms with Crippen LogP contribution in [0, 0.1) is 6.92 Å². The van der Waals surface area contributed by atoms with Crippen molar-refractivity contribution >= 4 is 44.1 Å². The van der Waals surface area contributed by atoms with Crippen LogP contribution in [0.15, 0.2) is 47.4 Å². The average molecular weight is 467 g/mol. The number of nitrogens with zero attached hydrogens (tertiary/aromatic N) is 2. The SMILES string of the molecule is Cc1ccc2cccc(OCc3c(Cl)ccc(S(=O)(=O)N(C)C(C)(C)C)c3Cl)c2n1. The second-order valence-electron chi connectivity index (χ2n) is 8.05. The molecular formula is C22H24Cl2N2O3S. The molecular weight excluding hydrogens is 443 g/mol. The number of aryl methyl sites for hydroxylation is 1. The number of pyridine rings is 1. The third kappa shape index (κ3) is 4.42. The molecule has 1 aromatic heterocycles. The molecule has 160 valence electrons. The summed E-state index contributed by atoms with van der Waals surface area (Å²) in [4.78, 5) is 4.54. The van der Waals surface area contributed by atoms with Gasteiger partial charge in [0.2, 0.25) is 10.0 Å². The third-order valence-corrected chi connectivity index (χ3v) is 7.99. The molecule has 0 N–H and O–H groups in total. The Hall–Kier alpha value is -1.86. The maximum absolute atomic E-state index is 13.1. The lowest BCUT2D eigenvalue weighted by Crippen LogP contribution is -2.42. The number of hydrogen-bond donors (Lipinski definition) is 0. The quantitative estimate of drug-likeness (QED) is 0.473. The summed E-state index contributed by atoms with van der Waals surface area (Å²) in [6.07, 6.45) is 0. The van der Waals surface area contributed by atoms with Crippen molar-refractivity contribution in [1.82, 2.24) is 9.29 Å². The Balaban J connectivity index is 1.99. The molecule has 0 aliphatic carbocycles. The smallest absolute Gasteiger partial charge is 0.244 e. The molecule has 3 rings (SSSR count). The number of hydrogen-bond acceptors (Lipinski definition) is 4. The molecule has 0 unspecified atom stereocenters. The van der Waals surface area contributed by atoms with Crippen LogP contribution in [0.4, 0.5) is 0 Å². The Morgan fingerprint density at radius 2 is 1.77 bits per heavy atom. The lowest BCUT2D eigenvalue weighted by molar-refractivity contribution is 0.291. The van der Waals surface area contributed by atoms with Crippen molar-refractivity contribution in [3.05, 3.63) is 63.8 Å². The molecule has 0 spiro atoms. The predicted molar refractivity (Wildman–Crippen MR) is 122 cm³/mol. The van der Waals surface area contributed by atoms with Gasteiger partial charge in [0, 0.05) is 34.3 Å². The molecule has 0 bridgehead atoms. The van der Waals surface area contributed by atoms with Gasteiger partial charge in [-0.1, -0.05) is 41.4 Å². The van der Waals surface area contributed by atoms with E-state index in [2.05, 4.69) is 4.98 Å². The van der Waals surface area contributed by atoms with Crippen LogP contribution in [0.2, 0.25) is 10.0 Å². The van der Waals surface area contributed by atoms with Crippen LogP contribution in [0.1, 0.15) is 32.0 Å². The summed E-state index contributed by atoms with van der Waals surface area (Å²) in [5, 5.41) is 1.34. The van der Waals surface area contributed by atoms with Gasteiger partial charge in [-0.25, -0.2) is 13.4 Å². The second kappa shape index (κ2) is 8.35. The van der Waals surface area contributed by atoms with E-state index < -0.39 is 15.6 Å². The number of halogens is 2. The van der Waals surface area contributed by atoms with Gasteiger partial charge in [0.05, 0.1) is 5.02 Å². The first-order valence-electron chi connectivity index (χ1n) is 9.38. The minimum absolute atomic E-state index is 0.00326. The average Bonchev–Trinajstić information content (AvgIpc) is 2.66. The summed E-state index contributed by atoms with van der Waals surface area (Å²) < 4.78 is 33.5. The fraction of sp³-hybridized carbons (Fsp3) is 0.318. The number of rotatable bonds is 5. The van der Waals surface area contributed by atoms with E-state index in [1.807, 2.05) is 58.0 Å². The van der Waals surface area contributed by atoms with Crippen LogP contribution in [-0.4, -0.2) is 30.3 Å². The second-order valence-corrected chi connectivity index (χ2v) is 10.8. The zero-order valence-electron chi connectivity index (χ0n) is 17.5. The van der Waals surface area contributed by atoms with Crippen molar-refractivity contribution in [2.75, 3.05) is 7.05 Å². The summed E-state index contributed by atoms with van der Waals surface area (Å²) in [7, 11) is -2.29. The van der Waals surface area contributed by atoms with Gasteiger partial charge in [-0.05, 0) is 52.0 Å². The molecule has 30 heavy (non-hydrogen) atoms. The number of sulfonamides is 1. The van der Waals surface area contributed by atoms with Crippen molar-refractivity contribution < 1.29 is 13.2 Å². The predicted octanol–water partition coefficient (Wildman–Crippen LogP) is 5.85. The van der Waals surface area contributed by atoms with Crippen LogP contribution in [0.3, 0.4) is 0 Å². The van der Waals surface area contributed by atoms with Gasteiger partial charge in [-0.2, -0.15) is 4.31 Å². The topological polar surface area (TPSA) is 59.5 Å². The van der Waals surface area contributed by atoms with Gasteiger partial charge in [0.25, 0.3) is 0 Å². The first-order chi connectivity index (χ1) is 13.9. The molecule has 2 aromatic carbocycles. The highest BCUT2D eigenvalue weighted by atomic mass is 35.5.